The van der Waals surface area contributed by atoms with E-state index in [4.69, 9.17) is 9.47 Å². The highest BCUT2D eigenvalue weighted by Crippen LogP contribution is 2.24. The van der Waals surface area contributed by atoms with Gasteiger partial charge in [-0.15, -0.1) is 0 Å². The van der Waals surface area contributed by atoms with Crippen LogP contribution >= 0.6 is 0 Å². The van der Waals surface area contributed by atoms with Crippen molar-refractivity contribution in [1.82, 2.24) is 10.0 Å². The highest BCUT2D eigenvalue weighted by atomic mass is 32.2. The summed E-state index contributed by atoms with van der Waals surface area (Å²) in [5.41, 5.74) is 1.15. The molecule has 0 saturated carbocycles. The Morgan fingerprint density at radius 3 is 2.50 bits per heavy atom. The lowest BCUT2D eigenvalue weighted by Gasteiger charge is -2.35. The van der Waals surface area contributed by atoms with E-state index in [0.29, 0.717) is 25.1 Å². The normalized spacial score (nSPS) is 21.1. The van der Waals surface area contributed by atoms with Gasteiger partial charge in [-0.25, -0.2) is 13.1 Å². The van der Waals surface area contributed by atoms with Crippen LogP contribution in [0.25, 0.3) is 0 Å². The van der Waals surface area contributed by atoms with Crippen LogP contribution in [0.1, 0.15) is 24.8 Å². The minimum atomic E-state index is -3.78. The number of rotatable bonds is 10. The SMILES string of the molecule is COc1ccc(S(=O)(=O)N[C@H]2CC[C@@H](CC(=O)NCCc3ccccc3)O[C@H]2CO)cc1. The quantitative estimate of drug-likeness (QED) is 0.495. The molecule has 3 rings (SSSR count). The van der Waals surface area contributed by atoms with Crippen molar-refractivity contribution < 1.29 is 27.8 Å². The maximum atomic E-state index is 12.7. The molecule has 1 aliphatic heterocycles. The molecule has 0 unspecified atom stereocenters. The van der Waals surface area contributed by atoms with Gasteiger partial charge in [-0.05, 0) is 49.1 Å². The molecule has 1 saturated heterocycles. The van der Waals surface area contributed by atoms with E-state index in [1.807, 2.05) is 30.3 Å². The minimum Gasteiger partial charge on any atom is -0.497 e. The summed E-state index contributed by atoms with van der Waals surface area (Å²) in [6.07, 6.45) is 0.793. The summed E-state index contributed by atoms with van der Waals surface area (Å²) >= 11 is 0. The van der Waals surface area contributed by atoms with Crippen LogP contribution < -0.4 is 14.8 Å². The summed E-state index contributed by atoms with van der Waals surface area (Å²) in [5.74, 6) is 0.433. The lowest BCUT2D eigenvalue weighted by atomic mass is 9.98. The van der Waals surface area contributed by atoms with E-state index in [9.17, 15) is 18.3 Å². The molecule has 1 amide bonds. The number of sulfonamides is 1. The minimum absolute atomic E-state index is 0.106. The topological polar surface area (TPSA) is 114 Å². The Morgan fingerprint density at radius 2 is 1.84 bits per heavy atom. The Bertz CT molecular complexity index is 966. The number of hydrogen-bond acceptors (Lipinski definition) is 6. The van der Waals surface area contributed by atoms with Crippen molar-refractivity contribution in [2.75, 3.05) is 20.3 Å². The smallest absolute Gasteiger partial charge is 0.240 e. The van der Waals surface area contributed by atoms with E-state index >= 15 is 0 Å². The van der Waals surface area contributed by atoms with Crippen molar-refractivity contribution in [2.24, 2.45) is 0 Å². The summed E-state index contributed by atoms with van der Waals surface area (Å²) < 4.78 is 38.9. The second kappa shape index (κ2) is 11.4. The molecule has 174 valence electrons. The number of amides is 1. The number of hydrogen-bond donors (Lipinski definition) is 3. The zero-order valence-corrected chi connectivity index (χ0v) is 18.9. The number of benzene rings is 2. The third kappa shape index (κ3) is 6.77. The Balaban J connectivity index is 1.48. The van der Waals surface area contributed by atoms with Crippen molar-refractivity contribution in [3.05, 3.63) is 60.2 Å². The predicted octanol–water partition coefficient (Wildman–Crippen LogP) is 1.63. The first kappa shape index (κ1) is 24.2. The molecule has 0 aliphatic carbocycles. The number of ether oxygens (including phenoxy) is 2. The maximum absolute atomic E-state index is 12.7. The molecule has 8 nitrogen and oxygen atoms in total. The molecule has 32 heavy (non-hydrogen) atoms. The van der Waals surface area contributed by atoms with Crippen molar-refractivity contribution in [3.63, 3.8) is 0 Å². The summed E-state index contributed by atoms with van der Waals surface area (Å²) in [4.78, 5) is 12.4. The first-order chi connectivity index (χ1) is 15.4. The van der Waals surface area contributed by atoms with Gasteiger partial charge >= 0.3 is 0 Å². The maximum Gasteiger partial charge on any atom is 0.240 e. The molecule has 1 fully saturated rings. The van der Waals surface area contributed by atoms with Gasteiger partial charge in [0.25, 0.3) is 0 Å². The van der Waals surface area contributed by atoms with Gasteiger partial charge in [-0.2, -0.15) is 0 Å². The predicted molar refractivity (Wildman–Crippen MR) is 120 cm³/mol. The Kier molecular flexibility index (Phi) is 8.63. The molecule has 0 radical (unpaired) electrons. The molecule has 1 heterocycles. The van der Waals surface area contributed by atoms with Crippen molar-refractivity contribution in [3.8, 4) is 5.75 Å². The Hall–Kier alpha value is -2.46. The van der Waals surface area contributed by atoms with E-state index in [1.165, 1.54) is 19.2 Å². The number of aliphatic hydroxyl groups is 1. The van der Waals surface area contributed by atoms with E-state index < -0.39 is 22.2 Å². The van der Waals surface area contributed by atoms with Crippen LogP contribution in [0.3, 0.4) is 0 Å². The zero-order valence-electron chi connectivity index (χ0n) is 18.1. The standard InChI is InChI=1S/C23H30N2O6S/c1-30-18-7-10-20(11-8-18)32(28,29)25-21-12-9-19(31-22(21)16-26)15-23(27)24-14-13-17-5-3-2-4-6-17/h2-8,10-11,19,21-22,25-26H,9,12-16H2,1H3,(H,24,27)/t19-,21-,22-/m0/s1. The van der Waals surface area contributed by atoms with Gasteiger partial charge in [0, 0.05) is 6.54 Å². The van der Waals surface area contributed by atoms with Crippen LogP contribution in [0, 0.1) is 0 Å². The van der Waals surface area contributed by atoms with Crippen LogP contribution in [0.5, 0.6) is 5.75 Å². The molecule has 0 aromatic heterocycles. The van der Waals surface area contributed by atoms with E-state index in [2.05, 4.69) is 10.0 Å². The van der Waals surface area contributed by atoms with Gasteiger partial charge in [-0.1, -0.05) is 30.3 Å². The summed E-state index contributed by atoms with van der Waals surface area (Å²) in [7, 11) is -2.28. The average molecular weight is 463 g/mol. The average Bonchev–Trinajstić information content (AvgIpc) is 2.80. The van der Waals surface area contributed by atoms with Crippen LogP contribution in [-0.4, -0.2) is 57.9 Å². The fourth-order valence-corrected chi connectivity index (χ4v) is 5.01. The van der Waals surface area contributed by atoms with Gasteiger partial charge in [-0.3, -0.25) is 4.79 Å². The molecular formula is C23H30N2O6S. The number of aliphatic hydroxyl groups excluding tert-OH is 1. The third-order valence-corrected chi connectivity index (χ3v) is 6.97. The number of nitrogens with one attached hydrogen (secondary N) is 2. The fraction of sp³-hybridized carbons (Fsp3) is 0.435. The van der Waals surface area contributed by atoms with Gasteiger partial charge in [0.1, 0.15) is 5.75 Å². The fourth-order valence-electron chi connectivity index (χ4n) is 3.71. The van der Waals surface area contributed by atoms with E-state index in [-0.39, 0.29) is 29.9 Å². The highest BCUT2D eigenvalue weighted by molar-refractivity contribution is 7.89. The largest absolute Gasteiger partial charge is 0.497 e. The van der Waals surface area contributed by atoms with Crippen LogP contribution in [-0.2, 0) is 26.0 Å². The van der Waals surface area contributed by atoms with E-state index in [1.54, 1.807) is 12.1 Å². The van der Waals surface area contributed by atoms with Crippen LogP contribution in [0.2, 0.25) is 0 Å². The number of methoxy groups -OCH3 is 1. The summed E-state index contributed by atoms with van der Waals surface area (Å²) in [5, 5.41) is 12.6. The molecule has 0 bridgehead atoms. The molecule has 9 heteroatoms. The molecule has 2 aromatic carbocycles. The lowest BCUT2D eigenvalue weighted by Crippen LogP contribution is -2.51. The van der Waals surface area contributed by atoms with Gasteiger partial charge in [0.05, 0.1) is 43.3 Å². The molecule has 2 aromatic rings. The summed E-state index contributed by atoms with van der Waals surface area (Å²) in [6.45, 7) is 0.186. The summed E-state index contributed by atoms with van der Waals surface area (Å²) in [6, 6.07) is 15.4. The number of carbonyl (C=O) groups excluding carboxylic acids is 1. The monoisotopic (exact) mass is 462 g/mol. The lowest BCUT2D eigenvalue weighted by molar-refractivity contribution is -0.130. The van der Waals surface area contributed by atoms with E-state index in [0.717, 1.165) is 12.0 Å². The Labute approximate surface area is 189 Å². The van der Waals surface area contributed by atoms with Gasteiger partial charge < -0.3 is 19.9 Å². The zero-order chi connectivity index (χ0) is 23.0. The molecule has 3 N–H and O–H groups in total. The molecule has 1 aliphatic rings. The van der Waals surface area contributed by atoms with Crippen molar-refractivity contribution in [2.45, 2.75) is 48.8 Å². The second-order valence-electron chi connectivity index (χ2n) is 7.75. The third-order valence-electron chi connectivity index (χ3n) is 5.46. The first-order valence-electron chi connectivity index (χ1n) is 10.6. The molecule has 3 atom stereocenters. The molecular weight excluding hydrogens is 432 g/mol. The highest BCUT2D eigenvalue weighted by Gasteiger charge is 2.34. The molecule has 0 spiro atoms. The van der Waals surface area contributed by atoms with Gasteiger partial charge in [0.2, 0.25) is 15.9 Å². The van der Waals surface area contributed by atoms with Crippen molar-refractivity contribution in [1.29, 1.82) is 0 Å². The second-order valence-corrected chi connectivity index (χ2v) is 9.46. The van der Waals surface area contributed by atoms with Gasteiger partial charge in [0.15, 0.2) is 0 Å². The number of carbonyl (C=O) groups is 1. The first-order valence-corrected chi connectivity index (χ1v) is 12.1. The van der Waals surface area contributed by atoms with Crippen LogP contribution in [0.4, 0.5) is 0 Å². The van der Waals surface area contributed by atoms with Crippen molar-refractivity contribution >= 4 is 15.9 Å². The Morgan fingerprint density at radius 1 is 1.12 bits per heavy atom. The van der Waals surface area contributed by atoms with Crippen LogP contribution in [0.15, 0.2) is 59.5 Å².